The van der Waals surface area contributed by atoms with Crippen molar-refractivity contribution < 1.29 is 5.11 Å². The topological polar surface area (TPSA) is 37.2 Å². The molecule has 0 amide bonds. The molecular weight excluding hydrogens is 355 g/mol. The van der Waals surface area contributed by atoms with Crippen molar-refractivity contribution in [1.29, 1.82) is 0 Å². The fourth-order valence-corrected chi connectivity index (χ4v) is 4.41. The summed E-state index contributed by atoms with van der Waals surface area (Å²) in [4.78, 5) is 0. The Morgan fingerprint density at radius 2 is 1.96 bits per heavy atom. The number of fused-ring (bicyclic) bond motifs is 3. The third-order valence-electron chi connectivity index (χ3n) is 5.03. The molecule has 2 N–H and O–H groups in total. The van der Waals surface area contributed by atoms with Crippen LogP contribution in [-0.2, 0) is 6.42 Å². The zero-order valence-electron chi connectivity index (χ0n) is 13.8. The second-order valence-corrected chi connectivity index (χ2v) is 7.45. The molecule has 3 nitrogen and oxygen atoms in total. The zero-order valence-corrected chi connectivity index (χ0v) is 15.3. The summed E-state index contributed by atoms with van der Waals surface area (Å²) in [5, 5.41) is 14.3. The lowest BCUT2D eigenvalue weighted by molar-refractivity contribution is 0.299. The average Bonchev–Trinajstić information content (AvgIpc) is 3.01. The summed E-state index contributed by atoms with van der Waals surface area (Å²) in [5.74, 6) is 0. The molecule has 0 fully saturated rings. The second kappa shape index (κ2) is 7.00. The number of halogens is 2. The van der Waals surface area contributed by atoms with Gasteiger partial charge in [-0.3, -0.25) is 0 Å². The largest absolute Gasteiger partial charge is 0.396 e. The lowest BCUT2D eigenvalue weighted by atomic mass is 9.98. The van der Waals surface area contributed by atoms with Gasteiger partial charge in [-0.25, -0.2) is 0 Å². The molecule has 0 saturated heterocycles. The summed E-state index contributed by atoms with van der Waals surface area (Å²) in [6.07, 6.45) is 5.44. The van der Waals surface area contributed by atoms with Crippen LogP contribution in [0.4, 0.5) is 0 Å². The van der Waals surface area contributed by atoms with Gasteiger partial charge in [-0.05, 0) is 41.3 Å². The summed E-state index contributed by atoms with van der Waals surface area (Å²) in [6, 6.07) is 12.9. The number of nitrogens with one attached hydrogen (secondary N) is 1. The molecule has 2 atom stereocenters. The molecule has 2 unspecified atom stereocenters. The summed E-state index contributed by atoms with van der Waals surface area (Å²) >= 11 is 12.8. The van der Waals surface area contributed by atoms with E-state index in [1.165, 1.54) is 16.8 Å². The fourth-order valence-electron chi connectivity index (χ4n) is 3.77. The Labute approximate surface area is 157 Å². The molecule has 0 saturated carbocycles. The van der Waals surface area contributed by atoms with E-state index >= 15 is 0 Å². The molecule has 130 valence electrons. The van der Waals surface area contributed by atoms with Crippen molar-refractivity contribution in [3.63, 3.8) is 0 Å². The average molecular weight is 375 g/mol. The van der Waals surface area contributed by atoms with Gasteiger partial charge in [-0.15, -0.1) is 0 Å². The predicted molar refractivity (Wildman–Crippen MR) is 102 cm³/mol. The highest BCUT2D eigenvalue weighted by Gasteiger charge is 2.31. The Hall–Kier alpha value is -1.52. The molecular formula is C20H20Cl2N2O. The van der Waals surface area contributed by atoms with Crippen molar-refractivity contribution in [2.75, 3.05) is 13.2 Å². The SMILES string of the molecule is OCCc1ccc(C2NCC3=C(Cl)C=C(Cl)CC3n3cccc32)cc1. The molecule has 1 aliphatic heterocycles. The van der Waals surface area contributed by atoms with E-state index in [-0.39, 0.29) is 18.7 Å². The number of aliphatic hydroxyl groups is 1. The molecule has 25 heavy (non-hydrogen) atoms. The third kappa shape index (κ3) is 3.18. The molecule has 0 radical (unpaired) electrons. The summed E-state index contributed by atoms with van der Waals surface area (Å²) in [5.41, 5.74) is 4.75. The number of nitrogens with zero attached hydrogens (tertiary/aromatic N) is 1. The first-order valence-corrected chi connectivity index (χ1v) is 9.27. The van der Waals surface area contributed by atoms with Crippen molar-refractivity contribution in [2.45, 2.75) is 24.9 Å². The molecule has 2 heterocycles. The van der Waals surface area contributed by atoms with Crippen LogP contribution in [0.2, 0.25) is 0 Å². The number of aromatic nitrogens is 1. The maximum atomic E-state index is 9.09. The lowest BCUT2D eigenvalue weighted by Gasteiger charge is -2.25. The first-order valence-electron chi connectivity index (χ1n) is 8.52. The van der Waals surface area contributed by atoms with E-state index in [1.807, 2.05) is 6.08 Å². The van der Waals surface area contributed by atoms with Crippen LogP contribution in [0.25, 0.3) is 0 Å². The van der Waals surface area contributed by atoms with Crippen molar-refractivity contribution in [2.24, 2.45) is 0 Å². The van der Waals surface area contributed by atoms with E-state index in [4.69, 9.17) is 28.3 Å². The fraction of sp³-hybridized carbons (Fsp3) is 0.300. The second-order valence-electron chi connectivity index (χ2n) is 6.55. The summed E-state index contributed by atoms with van der Waals surface area (Å²) in [6.45, 7) is 0.904. The predicted octanol–water partition coefficient (Wildman–Crippen LogP) is 4.28. The Bertz CT molecular complexity index is 836. The van der Waals surface area contributed by atoms with Gasteiger partial charge in [-0.1, -0.05) is 47.5 Å². The number of rotatable bonds is 3. The van der Waals surface area contributed by atoms with Gasteiger partial charge in [0, 0.05) is 41.5 Å². The lowest BCUT2D eigenvalue weighted by Crippen LogP contribution is -2.23. The van der Waals surface area contributed by atoms with Gasteiger partial charge >= 0.3 is 0 Å². The number of hydrogen-bond acceptors (Lipinski definition) is 2. The van der Waals surface area contributed by atoms with Crippen molar-refractivity contribution >= 4 is 23.2 Å². The van der Waals surface area contributed by atoms with Crippen LogP contribution in [0.3, 0.4) is 0 Å². The summed E-state index contributed by atoms with van der Waals surface area (Å²) in [7, 11) is 0. The van der Waals surface area contributed by atoms with E-state index in [2.05, 4.69) is 52.5 Å². The number of hydrogen-bond donors (Lipinski definition) is 2. The van der Waals surface area contributed by atoms with E-state index in [0.29, 0.717) is 6.42 Å². The zero-order chi connectivity index (χ0) is 17.4. The number of allylic oxidation sites excluding steroid dienone is 3. The number of aliphatic hydroxyl groups excluding tert-OH is 1. The highest BCUT2D eigenvalue weighted by Crippen LogP contribution is 2.40. The van der Waals surface area contributed by atoms with Crippen LogP contribution in [0.1, 0.15) is 35.3 Å². The summed E-state index contributed by atoms with van der Waals surface area (Å²) < 4.78 is 2.29. The highest BCUT2D eigenvalue weighted by molar-refractivity contribution is 6.35. The van der Waals surface area contributed by atoms with Gasteiger partial charge in [0.1, 0.15) is 0 Å². The minimum absolute atomic E-state index is 0.0968. The molecule has 1 aromatic carbocycles. The van der Waals surface area contributed by atoms with E-state index in [0.717, 1.165) is 28.6 Å². The molecule has 2 aliphatic rings. The first-order chi connectivity index (χ1) is 12.2. The molecule has 2 aromatic rings. The normalized spacial score (nSPS) is 22.9. The van der Waals surface area contributed by atoms with Crippen LogP contribution in [-0.4, -0.2) is 22.8 Å². The van der Waals surface area contributed by atoms with Gasteiger partial charge in [0.15, 0.2) is 0 Å². The monoisotopic (exact) mass is 374 g/mol. The minimum Gasteiger partial charge on any atom is -0.396 e. The van der Waals surface area contributed by atoms with Crippen molar-refractivity contribution in [3.05, 3.63) is 81.1 Å². The Kier molecular flexibility index (Phi) is 4.74. The molecule has 1 aliphatic carbocycles. The van der Waals surface area contributed by atoms with Gasteiger partial charge < -0.3 is 15.0 Å². The Morgan fingerprint density at radius 3 is 2.72 bits per heavy atom. The highest BCUT2D eigenvalue weighted by atomic mass is 35.5. The number of benzene rings is 1. The maximum Gasteiger partial charge on any atom is 0.0733 e. The molecule has 1 aromatic heterocycles. The van der Waals surface area contributed by atoms with Crippen molar-refractivity contribution in [1.82, 2.24) is 9.88 Å². The Morgan fingerprint density at radius 1 is 1.16 bits per heavy atom. The van der Waals surface area contributed by atoms with Crippen LogP contribution in [0.15, 0.2) is 64.3 Å². The van der Waals surface area contributed by atoms with Crippen LogP contribution < -0.4 is 5.32 Å². The van der Waals surface area contributed by atoms with E-state index < -0.39 is 0 Å². The van der Waals surface area contributed by atoms with Gasteiger partial charge in [0.05, 0.1) is 12.1 Å². The third-order valence-corrected chi connectivity index (χ3v) is 5.65. The molecule has 0 spiro atoms. The van der Waals surface area contributed by atoms with Crippen LogP contribution in [0.5, 0.6) is 0 Å². The maximum absolute atomic E-state index is 9.09. The van der Waals surface area contributed by atoms with Gasteiger partial charge in [-0.2, -0.15) is 0 Å². The van der Waals surface area contributed by atoms with Crippen molar-refractivity contribution in [3.8, 4) is 0 Å². The minimum atomic E-state index is 0.0968. The van der Waals surface area contributed by atoms with E-state index in [9.17, 15) is 0 Å². The van der Waals surface area contributed by atoms with Gasteiger partial charge in [0.25, 0.3) is 0 Å². The van der Waals surface area contributed by atoms with Crippen LogP contribution in [0, 0.1) is 0 Å². The Balaban J connectivity index is 1.72. The quantitative estimate of drug-likeness (QED) is 0.841. The van der Waals surface area contributed by atoms with E-state index in [1.54, 1.807) is 0 Å². The first kappa shape index (κ1) is 16.9. The molecule has 0 bridgehead atoms. The van der Waals surface area contributed by atoms with Gasteiger partial charge in [0.2, 0.25) is 0 Å². The van der Waals surface area contributed by atoms with Crippen LogP contribution >= 0.6 is 23.2 Å². The molecule has 4 rings (SSSR count). The standard InChI is InChI=1S/C20H20Cl2N2O/c21-15-10-17(22)16-12-23-20(14-5-3-13(4-6-14)7-9-25)18-2-1-8-24(18)19(16)11-15/h1-6,8,10,19-20,23,25H,7,9,11-12H2. The smallest absolute Gasteiger partial charge is 0.0733 e. The molecule has 5 heteroatoms.